The molecule has 0 amide bonds. The maximum absolute atomic E-state index is 13.1. The lowest BCUT2D eigenvalue weighted by atomic mass is 10.0. The average Bonchev–Trinajstić information content (AvgIpc) is 3.16. The maximum Gasteiger partial charge on any atom is 0.264 e. The van der Waals surface area contributed by atoms with Gasteiger partial charge in [0.25, 0.3) is 10.0 Å². The second-order valence-electron chi connectivity index (χ2n) is 6.01. The summed E-state index contributed by atoms with van der Waals surface area (Å²) >= 11 is 0. The molecule has 5 nitrogen and oxygen atoms in total. The normalized spacial score (nSPS) is 17.2. The molecule has 24 heavy (non-hydrogen) atoms. The third kappa shape index (κ3) is 2.57. The molecule has 6 heteroatoms. The van der Waals surface area contributed by atoms with E-state index in [4.69, 9.17) is 0 Å². The number of aryl methyl sites for hydroxylation is 1. The van der Waals surface area contributed by atoms with Gasteiger partial charge in [-0.1, -0.05) is 18.2 Å². The van der Waals surface area contributed by atoms with Gasteiger partial charge in [0.1, 0.15) is 0 Å². The van der Waals surface area contributed by atoms with Crippen LogP contribution in [0.25, 0.3) is 0 Å². The lowest BCUT2D eigenvalue weighted by Gasteiger charge is -2.30. The fourth-order valence-electron chi connectivity index (χ4n) is 3.26. The summed E-state index contributed by atoms with van der Waals surface area (Å²) in [5, 5.41) is 6.15. The average molecular weight is 341 g/mol. The van der Waals surface area contributed by atoms with Crippen molar-refractivity contribution >= 4 is 27.6 Å². The number of hydrazone groups is 1. The molecule has 0 unspecified atom stereocenters. The zero-order valence-corrected chi connectivity index (χ0v) is 14.1. The van der Waals surface area contributed by atoms with Crippen molar-refractivity contribution in [1.29, 1.82) is 0 Å². The molecule has 0 saturated heterocycles. The van der Waals surface area contributed by atoms with Gasteiger partial charge in [-0.3, -0.25) is 9.31 Å². The Morgan fingerprint density at radius 2 is 1.75 bits per heavy atom. The zero-order chi connectivity index (χ0) is 16.6. The van der Waals surface area contributed by atoms with Crippen LogP contribution in [0, 0.1) is 0 Å². The van der Waals surface area contributed by atoms with E-state index >= 15 is 0 Å². The number of fused-ring (bicyclic) bond motifs is 1. The molecule has 0 atom stereocenters. The minimum atomic E-state index is -3.54. The van der Waals surface area contributed by atoms with Crippen molar-refractivity contribution in [2.24, 2.45) is 5.10 Å². The summed E-state index contributed by atoms with van der Waals surface area (Å²) in [4.78, 5) is 0.325. The van der Waals surface area contributed by atoms with Gasteiger partial charge >= 0.3 is 0 Å². The van der Waals surface area contributed by atoms with Gasteiger partial charge in [0.15, 0.2) is 0 Å². The first-order chi connectivity index (χ1) is 11.7. The highest BCUT2D eigenvalue weighted by molar-refractivity contribution is 7.92. The topological polar surface area (TPSA) is 53.0 Å². The van der Waals surface area contributed by atoms with E-state index in [1.807, 2.05) is 47.6 Å². The van der Waals surface area contributed by atoms with E-state index in [9.17, 15) is 8.42 Å². The molecule has 0 fully saturated rings. The number of nitrogens with zero attached hydrogens (tertiary/aromatic N) is 3. The van der Waals surface area contributed by atoms with Crippen molar-refractivity contribution < 1.29 is 8.42 Å². The molecular weight excluding hydrogens is 322 g/mol. The Labute approximate surface area is 142 Å². The molecule has 2 aromatic rings. The summed E-state index contributed by atoms with van der Waals surface area (Å²) in [5.41, 5.74) is 2.81. The minimum absolute atomic E-state index is 0.325. The first-order valence-corrected chi connectivity index (χ1v) is 9.61. The van der Waals surface area contributed by atoms with Crippen LogP contribution in [0.5, 0.6) is 0 Å². The number of hydrogen-bond acceptors (Lipinski definition) is 4. The van der Waals surface area contributed by atoms with Crippen LogP contribution in [0.15, 0.2) is 58.5 Å². The third-order valence-corrected chi connectivity index (χ3v) is 6.31. The molecule has 2 aliphatic rings. The van der Waals surface area contributed by atoms with Gasteiger partial charge in [-0.2, -0.15) is 5.10 Å². The molecule has 4 rings (SSSR count). The Balaban J connectivity index is 1.67. The third-order valence-electron chi connectivity index (χ3n) is 4.48. The second-order valence-corrected chi connectivity index (χ2v) is 7.88. The number of anilines is 2. The van der Waals surface area contributed by atoms with Crippen LogP contribution in [0.1, 0.15) is 18.4 Å². The quantitative estimate of drug-likeness (QED) is 0.862. The fraction of sp³-hybridized carbons (Fsp3) is 0.278. The molecule has 0 saturated carbocycles. The molecule has 0 N–H and O–H groups in total. The highest BCUT2D eigenvalue weighted by atomic mass is 32.2. The summed E-state index contributed by atoms with van der Waals surface area (Å²) in [6.07, 6.45) is 4.56. The van der Waals surface area contributed by atoms with Crippen molar-refractivity contribution in [2.75, 3.05) is 22.4 Å². The summed E-state index contributed by atoms with van der Waals surface area (Å²) in [6.45, 7) is 1.36. The van der Waals surface area contributed by atoms with E-state index in [2.05, 4.69) is 5.10 Å². The van der Waals surface area contributed by atoms with Crippen LogP contribution in [-0.4, -0.2) is 27.7 Å². The van der Waals surface area contributed by atoms with Crippen LogP contribution in [0.3, 0.4) is 0 Å². The number of hydrogen-bond donors (Lipinski definition) is 0. The fourth-order valence-corrected chi connectivity index (χ4v) is 4.80. The molecule has 2 heterocycles. The Hall–Kier alpha value is -2.34. The van der Waals surface area contributed by atoms with Gasteiger partial charge in [0.05, 0.1) is 16.3 Å². The van der Waals surface area contributed by atoms with Gasteiger partial charge in [0, 0.05) is 25.7 Å². The van der Waals surface area contributed by atoms with Crippen molar-refractivity contribution in [2.45, 2.75) is 24.2 Å². The van der Waals surface area contributed by atoms with Gasteiger partial charge in [-0.05, 0) is 48.7 Å². The summed E-state index contributed by atoms with van der Waals surface area (Å²) < 4.78 is 27.7. The van der Waals surface area contributed by atoms with Gasteiger partial charge in [-0.25, -0.2) is 8.42 Å². The smallest absolute Gasteiger partial charge is 0.264 e. The molecule has 0 bridgehead atoms. The Bertz CT molecular complexity index is 875. The van der Waals surface area contributed by atoms with E-state index in [1.54, 1.807) is 12.1 Å². The molecule has 0 aromatic heterocycles. The highest BCUT2D eigenvalue weighted by Gasteiger charge is 2.28. The first kappa shape index (κ1) is 15.2. The first-order valence-electron chi connectivity index (χ1n) is 8.17. The van der Waals surface area contributed by atoms with Crippen LogP contribution in [0.4, 0.5) is 11.4 Å². The van der Waals surface area contributed by atoms with E-state index in [0.29, 0.717) is 11.4 Å². The Morgan fingerprint density at radius 1 is 0.958 bits per heavy atom. The molecule has 0 aliphatic carbocycles. The second kappa shape index (κ2) is 5.94. The Kier molecular flexibility index (Phi) is 3.76. The lowest BCUT2D eigenvalue weighted by Crippen LogP contribution is -2.35. The minimum Gasteiger partial charge on any atom is -0.266 e. The van der Waals surface area contributed by atoms with Crippen LogP contribution >= 0.6 is 0 Å². The number of sulfonamides is 1. The SMILES string of the molecule is O=S(=O)(c1ccc(N2CCC=N2)cc1)N1CCCc2ccccc21. The van der Waals surface area contributed by atoms with Gasteiger partial charge in [0.2, 0.25) is 0 Å². The molecular formula is C18H19N3O2S. The predicted molar refractivity (Wildman–Crippen MR) is 96.2 cm³/mol. The van der Waals surface area contributed by atoms with Crippen molar-refractivity contribution in [3.05, 3.63) is 54.1 Å². The van der Waals surface area contributed by atoms with Crippen molar-refractivity contribution in [3.8, 4) is 0 Å². The molecule has 0 radical (unpaired) electrons. The molecule has 2 aliphatic heterocycles. The van der Waals surface area contributed by atoms with Gasteiger partial charge in [-0.15, -0.1) is 0 Å². The highest BCUT2D eigenvalue weighted by Crippen LogP contribution is 2.32. The van der Waals surface area contributed by atoms with Crippen molar-refractivity contribution in [3.63, 3.8) is 0 Å². The standard InChI is InChI=1S/C18H19N3O2S/c22-24(23,21-14-3-6-15-5-1-2-7-18(15)21)17-10-8-16(9-11-17)20-13-4-12-19-20/h1-2,5,7-12H,3-4,6,13-14H2. The molecule has 2 aromatic carbocycles. The zero-order valence-electron chi connectivity index (χ0n) is 13.3. The summed E-state index contributed by atoms with van der Waals surface area (Å²) in [7, 11) is -3.54. The van der Waals surface area contributed by atoms with Crippen LogP contribution < -0.4 is 9.31 Å². The monoisotopic (exact) mass is 341 g/mol. The van der Waals surface area contributed by atoms with E-state index < -0.39 is 10.0 Å². The maximum atomic E-state index is 13.1. The number of benzene rings is 2. The van der Waals surface area contributed by atoms with Crippen LogP contribution in [0.2, 0.25) is 0 Å². The van der Waals surface area contributed by atoms with Gasteiger partial charge < -0.3 is 0 Å². The predicted octanol–water partition coefficient (Wildman–Crippen LogP) is 3.02. The van der Waals surface area contributed by atoms with E-state index in [0.717, 1.165) is 42.7 Å². The number of rotatable bonds is 3. The Morgan fingerprint density at radius 3 is 2.50 bits per heavy atom. The lowest BCUT2D eigenvalue weighted by molar-refractivity contribution is 0.586. The number of para-hydroxylation sites is 1. The largest absolute Gasteiger partial charge is 0.266 e. The van der Waals surface area contributed by atoms with Crippen LogP contribution in [-0.2, 0) is 16.4 Å². The summed E-state index contributed by atoms with van der Waals surface area (Å²) in [5.74, 6) is 0. The van der Waals surface area contributed by atoms with Crippen molar-refractivity contribution in [1.82, 2.24) is 0 Å². The molecule has 0 spiro atoms. The van der Waals surface area contributed by atoms with E-state index in [-0.39, 0.29) is 0 Å². The van der Waals surface area contributed by atoms with E-state index in [1.165, 1.54) is 4.31 Å². The molecule has 124 valence electrons. The summed E-state index contributed by atoms with van der Waals surface area (Å²) in [6, 6.07) is 14.7.